The first-order chi connectivity index (χ1) is 11.5. The Morgan fingerprint density at radius 3 is 2.58 bits per heavy atom. The number of benzene rings is 1. The van der Waals surface area contributed by atoms with Crippen molar-refractivity contribution in [1.29, 1.82) is 0 Å². The maximum Gasteiger partial charge on any atom is 0.338 e. The maximum atomic E-state index is 12.2. The van der Waals surface area contributed by atoms with Crippen molar-refractivity contribution in [2.45, 2.75) is 13.8 Å². The van der Waals surface area contributed by atoms with Crippen molar-refractivity contribution in [2.24, 2.45) is 0 Å². The molecule has 0 aliphatic rings. The number of carbonyl (C=O) groups excluding carboxylic acids is 2. The number of hydrogen-bond acceptors (Lipinski definition) is 6. The molecular formula is C17H17BrO5S. The molecule has 0 N–H and O–H groups in total. The van der Waals surface area contributed by atoms with E-state index < -0.39 is 5.97 Å². The third-order valence-electron chi connectivity index (χ3n) is 3.10. The monoisotopic (exact) mass is 412 g/mol. The molecule has 24 heavy (non-hydrogen) atoms. The van der Waals surface area contributed by atoms with Gasteiger partial charge in [0.1, 0.15) is 0 Å². The Hall–Kier alpha value is -1.86. The van der Waals surface area contributed by atoms with Crippen LogP contribution >= 0.6 is 27.3 Å². The number of hydrogen-bond donors (Lipinski definition) is 0. The molecule has 1 aromatic carbocycles. The van der Waals surface area contributed by atoms with Gasteiger partial charge in [-0.15, -0.1) is 11.3 Å². The van der Waals surface area contributed by atoms with Crippen LogP contribution in [-0.4, -0.2) is 32.1 Å². The van der Waals surface area contributed by atoms with Crippen LogP contribution in [0.4, 0.5) is 0 Å². The van der Waals surface area contributed by atoms with Crippen LogP contribution in [0, 0.1) is 6.92 Å². The van der Waals surface area contributed by atoms with E-state index in [1.165, 1.54) is 24.5 Å². The predicted octanol–water partition coefficient (Wildman–Crippen LogP) is 4.27. The Kier molecular flexibility index (Phi) is 6.39. The third kappa shape index (κ3) is 4.36. The smallest absolute Gasteiger partial charge is 0.338 e. The number of carbonyl (C=O) groups is 2. The van der Waals surface area contributed by atoms with E-state index >= 15 is 0 Å². The van der Waals surface area contributed by atoms with Crippen molar-refractivity contribution in [3.05, 3.63) is 44.1 Å². The van der Waals surface area contributed by atoms with Crippen LogP contribution in [-0.2, 0) is 4.74 Å². The molecule has 0 atom stereocenters. The van der Waals surface area contributed by atoms with Crippen LogP contribution in [0.3, 0.4) is 0 Å². The lowest BCUT2D eigenvalue weighted by atomic mass is 10.2. The second kappa shape index (κ2) is 8.30. The normalized spacial score (nSPS) is 10.3. The number of halogens is 1. The second-order valence-electron chi connectivity index (χ2n) is 4.83. The Morgan fingerprint density at radius 1 is 1.25 bits per heavy atom. The van der Waals surface area contributed by atoms with Crippen LogP contribution in [0.15, 0.2) is 28.7 Å². The zero-order chi connectivity index (χ0) is 17.7. The van der Waals surface area contributed by atoms with Crippen molar-refractivity contribution in [1.82, 2.24) is 0 Å². The lowest BCUT2D eigenvalue weighted by Gasteiger charge is -2.12. The summed E-state index contributed by atoms with van der Waals surface area (Å²) in [6.45, 7) is 3.88. The molecule has 0 radical (unpaired) electrons. The van der Waals surface area contributed by atoms with E-state index in [0.717, 1.165) is 4.88 Å². The highest BCUT2D eigenvalue weighted by molar-refractivity contribution is 9.10. The molecule has 128 valence electrons. The summed E-state index contributed by atoms with van der Waals surface area (Å²) in [7, 11) is 1.52. The van der Waals surface area contributed by atoms with Crippen molar-refractivity contribution in [2.75, 3.05) is 20.3 Å². The van der Waals surface area contributed by atoms with Crippen molar-refractivity contribution in [3.63, 3.8) is 0 Å². The van der Waals surface area contributed by atoms with E-state index in [-0.39, 0.29) is 18.0 Å². The topological polar surface area (TPSA) is 61.8 Å². The molecule has 0 bridgehead atoms. The SMILES string of the molecule is CCOc1cc(C(=O)OCC(=O)c2ccc(C)s2)cc(Br)c1OC. The number of esters is 1. The molecule has 0 spiro atoms. The Morgan fingerprint density at radius 2 is 2.00 bits per heavy atom. The number of thiophene rings is 1. The van der Waals surface area contributed by atoms with E-state index in [4.69, 9.17) is 14.2 Å². The number of ketones is 1. The van der Waals surface area contributed by atoms with Gasteiger partial charge in [-0.25, -0.2) is 4.79 Å². The fourth-order valence-electron chi connectivity index (χ4n) is 2.02. The van der Waals surface area contributed by atoms with Gasteiger partial charge in [-0.3, -0.25) is 4.79 Å². The minimum absolute atomic E-state index is 0.223. The number of methoxy groups -OCH3 is 1. The van der Waals surface area contributed by atoms with Crippen LogP contribution in [0.25, 0.3) is 0 Å². The van der Waals surface area contributed by atoms with E-state index in [2.05, 4.69) is 15.9 Å². The second-order valence-corrected chi connectivity index (χ2v) is 6.97. The van der Waals surface area contributed by atoms with Gasteiger partial charge >= 0.3 is 5.97 Å². The van der Waals surface area contributed by atoms with Crippen molar-refractivity contribution in [3.8, 4) is 11.5 Å². The summed E-state index contributed by atoms with van der Waals surface area (Å²) in [5.74, 6) is 0.111. The summed E-state index contributed by atoms with van der Waals surface area (Å²) >= 11 is 4.71. The van der Waals surface area contributed by atoms with Crippen LogP contribution in [0.1, 0.15) is 31.8 Å². The van der Waals surface area contributed by atoms with Gasteiger partial charge in [0.2, 0.25) is 5.78 Å². The highest BCUT2D eigenvalue weighted by atomic mass is 79.9. The predicted molar refractivity (Wildman–Crippen MR) is 95.5 cm³/mol. The molecule has 0 saturated heterocycles. The molecule has 0 amide bonds. The quantitative estimate of drug-likeness (QED) is 0.501. The van der Waals surface area contributed by atoms with Crippen molar-refractivity contribution >= 4 is 39.0 Å². The van der Waals surface area contributed by atoms with E-state index in [1.807, 2.05) is 19.9 Å². The molecule has 1 aromatic heterocycles. The lowest BCUT2D eigenvalue weighted by Crippen LogP contribution is -2.13. The molecule has 0 unspecified atom stereocenters. The molecular weight excluding hydrogens is 396 g/mol. The van der Waals surface area contributed by atoms with Gasteiger partial charge in [-0.05, 0) is 54.0 Å². The van der Waals surface area contributed by atoms with Gasteiger partial charge < -0.3 is 14.2 Å². The zero-order valence-corrected chi connectivity index (χ0v) is 16.0. The first-order valence-electron chi connectivity index (χ1n) is 7.23. The maximum absolute atomic E-state index is 12.2. The summed E-state index contributed by atoms with van der Waals surface area (Å²) in [5, 5.41) is 0. The summed E-state index contributed by atoms with van der Waals surface area (Å²) < 4.78 is 16.4. The Bertz CT molecular complexity index is 753. The molecule has 7 heteroatoms. The van der Waals surface area contributed by atoms with Gasteiger partial charge in [0.25, 0.3) is 0 Å². The Labute approximate surface area is 152 Å². The summed E-state index contributed by atoms with van der Waals surface area (Å²) in [4.78, 5) is 25.8. The minimum Gasteiger partial charge on any atom is -0.492 e. The number of rotatable bonds is 7. The highest BCUT2D eigenvalue weighted by Crippen LogP contribution is 2.36. The van der Waals surface area contributed by atoms with Crippen LogP contribution in [0.5, 0.6) is 11.5 Å². The minimum atomic E-state index is -0.596. The summed E-state index contributed by atoms with van der Waals surface area (Å²) in [6.07, 6.45) is 0. The summed E-state index contributed by atoms with van der Waals surface area (Å²) in [6, 6.07) is 6.70. The molecule has 0 saturated carbocycles. The van der Waals surface area contributed by atoms with Crippen LogP contribution in [0.2, 0.25) is 0 Å². The largest absolute Gasteiger partial charge is 0.492 e. The molecule has 0 fully saturated rings. The van der Waals surface area contributed by atoms with E-state index in [0.29, 0.717) is 27.5 Å². The molecule has 1 heterocycles. The first kappa shape index (κ1) is 18.5. The Balaban J connectivity index is 2.10. The van der Waals surface area contributed by atoms with E-state index in [9.17, 15) is 9.59 Å². The van der Waals surface area contributed by atoms with E-state index in [1.54, 1.807) is 12.1 Å². The summed E-state index contributed by atoms with van der Waals surface area (Å²) in [5.41, 5.74) is 0.279. The van der Waals surface area contributed by atoms with Crippen molar-refractivity contribution < 1.29 is 23.8 Å². The fraction of sp³-hybridized carbons (Fsp3) is 0.294. The zero-order valence-electron chi connectivity index (χ0n) is 13.6. The molecule has 0 aliphatic carbocycles. The average molecular weight is 413 g/mol. The third-order valence-corrected chi connectivity index (χ3v) is 4.73. The first-order valence-corrected chi connectivity index (χ1v) is 8.84. The molecule has 2 aromatic rings. The molecule has 2 rings (SSSR count). The number of ether oxygens (including phenoxy) is 3. The highest BCUT2D eigenvalue weighted by Gasteiger charge is 2.18. The average Bonchev–Trinajstić information content (AvgIpc) is 2.99. The van der Waals surface area contributed by atoms with Crippen LogP contribution < -0.4 is 9.47 Å². The number of Topliss-reactive ketones (excluding diaryl/α,β-unsaturated/α-hetero) is 1. The lowest BCUT2D eigenvalue weighted by molar-refractivity contribution is 0.0475. The van der Waals surface area contributed by atoms with Gasteiger partial charge in [-0.1, -0.05) is 0 Å². The van der Waals surface area contributed by atoms with Gasteiger partial charge in [0.05, 0.1) is 28.6 Å². The molecule has 5 nitrogen and oxygen atoms in total. The fourth-order valence-corrected chi connectivity index (χ4v) is 3.41. The number of aryl methyl sites for hydroxylation is 1. The standard InChI is InChI=1S/C17H17BrO5S/c1-4-22-14-8-11(7-12(18)16(14)21-3)17(20)23-9-13(19)15-6-5-10(2)24-15/h5-8H,4,9H2,1-3H3. The molecule has 0 aliphatic heterocycles. The van der Waals surface area contributed by atoms with Gasteiger partial charge in [0.15, 0.2) is 18.1 Å². The van der Waals surface area contributed by atoms with Gasteiger partial charge in [0, 0.05) is 4.88 Å². The van der Waals surface area contributed by atoms with Gasteiger partial charge in [-0.2, -0.15) is 0 Å².